The first-order valence-electron chi connectivity index (χ1n) is 7.06. The zero-order valence-electron chi connectivity index (χ0n) is 13.9. The van der Waals surface area contributed by atoms with Gasteiger partial charge in [-0.3, -0.25) is 4.79 Å². The Kier molecular flexibility index (Phi) is 5.90. The Bertz CT molecular complexity index is 711. The van der Waals surface area contributed by atoms with Crippen molar-refractivity contribution in [3.05, 3.63) is 29.3 Å². The Morgan fingerprint density at radius 3 is 2.39 bits per heavy atom. The van der Waals surface area contributed by atoms with Crippen LogP contribution in [0.15, 0.2) is 23.1 Å². The van der Waals surface area contributed by atoms with Crippen molar-refractivity contribution in [2.24, 2.45) is 0 Å². The van der Waals surface area contributed by atoms with E-state index in [1.807, 2.05) is 0 Å². The molecule has 0 heterocycles. The molecule has 0 saturated carbocycles. The number of ether oxygens (including phenoxy) is 1. The van der Waals surface area contributed by atoms with Crippen LogP contribution in [-0.4, -0.2) is 39.5 Å². The molecule has 0 saturated heterocycles. The molecule has 0 bridgehead atoms. The van der Waals surface area contributed by atoms with Gasteiger partial charge < -0.3 is 10.1 Å². The molecule has 8 heteroatoms. The lowest BCUT2D eigenvalue weighted by Gasteiger charge is -2.23. The number of nitrogens with one attached hydrogen (secondary N) is 2. The van der Waals surface area contributed by atoms with Gasteiger partial charge >= 0.3 is 5.97 Å². The van der Waals surface area contributed by atoms with Crippen LogP contribution in [0.4, 0.5) is 0 Å². The summed E-state index contributed by atoms with van der Waals surface area (Å²) in [5, 5.41) is 2.55. The molecule has 23 heavy (non-hydrogen) atoms. The van der Waals surface area contributed by atoms with Crippen molar-refractivity contribution in [3.8, 4) is 0 Å². The van der Waals surface area contributed by atoms with E-state index in [1.165, 1.54) is 33.1 Å². The van der Waals surface area contributed by atoms with Crippen LogP contribution in [-0.2, 0) is 19.6 Å². The lowest BCUT2D eigenvalue weighted by molar-refractivity contribution is -0.146. The third-order valence-corrected chi connectivity index (χ3v) is 4.76. The van der Waals surface area contributed by atoms with Crippen LogP contribution in [0.3, 0.4) is 0 Å². The first-order chi connectivity index (χ1) is 10.5. The minimum atomic E-state index is -3.67. The molecule has 128 valence electrons. The van der Waals surface area contributed by atoms with E-state index in [9.17, 15) is 18.0 Å². The first-order valence-corrected chi connectivity index (χ1v) is 8.54. The van der Waals surface area contributed by atoms with Crippen LogP contribution in [0.1, 0.15) is 36.7 Å². The fourth-order valence-corrected chi connectivity index (χ4v) is 3.01. The zero-order valence-corrected chi connectivity index (χ0v) is 14.7. The summed E-state index contributed by atoms with van der Waals surface area (Å²) < 4.78 is 31.1. The molecule has 1 aromatic rings. The molecular formula is C15H22N2O5S. The molecule has 0 aliphatic carbocycles. The van der Waals surface area contributed by atoms with Crippen LogP contribution in [0.25, 0.3) is 0 Å². The van der Waals surface area contributed by atoms with Crippen molar-refractivity contribution >= 4 is 21.9 Å². The smallest absolute Gasteiger partial charge is 0.330 e. The quantitative estimate of drug-likeness (QED) is 0.750. The zero-order chi connectivity index (χ0) is 17.8. The summed E-state index contributed by atoms with van der Waals surface area (Å²) in [5.74, 6) is -1.15. The third kappa shape index (κ3) is 4.52. The average molecular weight is 342 g/mol. The van der Waals surface area contributed by atoms with E-state index in [2.05, 4.69) is 14.8 Å². The van der Waals surface area contributed by atoms with Crippen LogP contribution in [0.2, 0.25) is 0 Å². The second kappa shape index (κ2) is 7.10. The molecule has 1 amide bonds. The number of hydrogen-bond acceptors (Lipinski definition) is 5. The Morgan fingerprint density at radius 1 is 1.26 bits per heavy atom. The number of sulfonamides is 1. The van der Waals surface area contributed by atoms with Crippen molar-refractivity contribution in [1.82, 2.24) is 10.0 Å². The summed E-state index contributed by atoms with van der Waals surface area (Å²) in [4.78, 5) is 24.0. The maximum Gasteiger partial charge on any atom is 0.330 e. The van der Waals surface area contributed by atoms with E-state index in [-0.39, 0.29) is 17.0 Å². The molecule has 0 aliphatic rings. The van der Waals surface area contributed by atoms with E-state index in [0.29, 0.717) is 5.56 Å². The van der Waals surface area contributed by atoms with Crippen molar-refractivity contribution in [2.45, 2.75) is 38.1 Å². The summed E-state index contributed by atoms with van der Waals surface area (Å²) in [5.41, 5.74) is -0.450. The highest BCUT2D eigenvalue weighted by Gasteiger charge is 2.31. The second-order valence-corrected chi connectivity index (χ2v) is 7.32. The summed E-state index contributed by atoms with van der Waals surface area (Å²) in [6.07, 6.45) is 0. The molecule has 1 aromatic carbocycles. The van der Waals surface area contributed by atoms with E-state index >= 15 is 0 Å². The molecule has 2 N–H and O–H groups in total. The molecular weight excluding hydrogens is 320 g/mol. The number of amides is 1. The summed E-state index contributed by atoms with van der Waals surface area (Å²) >= 11 is 0. The standard InChI is InChI=1S/C15H22N2O5S/c1-6-16-23(20,21)11-8-7-10(2)12(9-11)13(18)17-15(3,4)14(19)22-5/h7-9,16H,6H2,1-5H3,(H,17,18). The third-order valence-electron chi connectivity index (χ3n) is 3.22. The van der Waals surface area contributed by atoms with Crippen LogP contribution < -0.4 is 10.0 Å². The van der Waals surface area contributed by atoms with Crippen molar-refractivity contribution in [3.63, 3.8) is 0 Å². The van der Waals surface area contributed by atoms with E-state index in [0.717, 1.165) is 0 Å². The summed E-state index contributed by atoms with van der Waals surface area (Å²) in [6, 6.07) is 4.26. The fourth-order valence-electron chi connectivity index (χ4n) is 1.94. The molecule has 0 atom stereocenters. The highest BCUT2D eigenvalue weighted by molar-refractivity contribution is 7.89. The number of methoxy groups -OCH3 is 1. The van der Waals surface area contributed by atoms with Crippen molar-refractivity contribution in [1.29, 1.82) is 0 Å². The number of carbonyl (C=O) groups is 2. The maximum atomic E-state index is 12.4. The molecule has 1 rings (SSSR count). The van der Waals surface area contributed by atoms with Gasteiger partial charge in [-0.2, -0.15) is 0 Å². The molecule has 0 unspecified atom stereocenters. The minimum absolute atomic E-state index is 0.00836. The van der Waals surface area contributed by atoms with Gasteiger partial charge in [0.1, 0.15) is 5.54 Å². The first kappa shape index (κ1) is 19.1. The van der Waals surface area contributed by atoms with Gasteiger partial charge in [-0.1, -0.05) is 13.0 Å². The lowest BCUT2D eigenvalue weighted by Crippen LogP contribution is -2.50. The maximum absolute atomic E-state index is 12.4. The van der Waals surface area contributed by atoms with Crippen LogP contribution in [0.5, 0.6) is 0 Å². The minimum Gasteiger partial charge on any atom is -0.467 e. The lowest BCUT2D eigenvalue weighted by atomic mass is 10.0. The second-order valence-electron chi connectivity index (χ2n) is 5.55. The SMILES string of the molecule is CCNS(=O)(=O)c1ccc(C)c(C(=O)NC(C)(C)C(=O)OC)c1. The van der Waals surface area contributed by atoms with Crippen molar-refractivity contribution < 1.29 is 22.7 Å². The Hall–Kier alpha value is -1.93. The van der Waals surface area contributed by atoms with Gasteiger partial charge in [-0.25, -0.2) is 17.9 Å². The molecule has 0 spiro atoms. The summed E-state index contributed by atoms with van der Waals surface area (Å²) in [6.45, 7) is 6.60. The van der Waals surface area contributed by atoms with Gasteiger partial charge in [-0.15, -0.1) is 0 Å². The Balaban J connectivity index is 3.18. The number of benzene rings is 1. The predicted molar refractivity (Wildman–Crippen MR) is 85.6 cm³/mol. The predicted octanol–water partition coefficient (Wildman–Crippen LogP) is 0.975. The van der Waals surface area contributed by atoms with E-state index in [4.69, 9.17) is 0 Å². The van der Waals surface area contributed by atoms with Gasteiger partial charge in [0.2, 0.25) is 10.0 Å². The van der Waals surface area contributed by atoms with Crippen LogP contribution >= 0.6 is 0 Å². The number of hydrogen-bond donors (Lipinski definition) is 2. The van der Waals surface area contributed by atoms with Crippen LogP contribution in [0, 0.1) is 6.92 Å². The molecule has 0 radical (unpaired) electrons. The molecule has 0 aliphatic heterocycles. The van der Waals surface area contributed by atoms with E-state index < -0.39 is 27.4 Å². The molecule has 0 fully saturated rings. The number of aryl methyl sites for hydroxylation is 1. The van der Waals surface area contributed by atoms with Gasteiger partial charge in [0.05, 0.1) is 12.0 Å². The fraction of sp³-hybridized carbons (Fsp3) is 0.467. The number of rotatable bonds is 6. The van der Waals surface area contributed by atoms with Gasteiger partial charge in [0.25, 0.3) is 5.91 Å². The Morgan fingerprint density at radius 2 is 1.87 bits per heavy atom. The van der Waals surface area contributed by atoms with Gasteiger partial charge in [-0.05, 0) is 38.5 Å². The van der Waals surface area contributed by atoms with Gasteiger partial charge in [0.15, 0.2) is 0 Å². The number of esters is 1. The largest absolute Gasteiger partial charge is 0.467 e. The molecule has 0 aromatic heterocycles. The summed E-state index contributed by atoms with van der Waals surface area (Å²) in [7, 11) is -2.44. The normalized spacial score (nSPS) is 11.9. The molecule has 7 nitrogen and oxygen atoms in total. The highest BCUT2D eigenvalue weighted by atomic mass is 32.2. The van der Waals surface area contributed by atoms with Gasteiger partial charge in [0, 0.05) is 12.1 Å². The highest BCUT2D eigenvalue weighted by Crippen LogP contribution is 2.17. The topological polar surface area (TPSA) is 102 Å². The van der Waals surface area contributed by atoms with E-state index in [1.54, 1.807) is 19.9 Å². The number of carbonyl (C=O) groups excluding carboxylic acids is 2. The average Bonchev–Trinajstić information content (AvgIpc) is 2.45. The van der Waals surface area contributed by atoms with Crippen molar-refractivity contribution in [2.75, 3.05) is 13.7 Å². The Labute approximate surface area is 136 Å². The monoisotopic (exact) mass is 342 g/mol.